The second kappa shape index (κ2) is 9.11. The van der Waals surface area contributed by atoms with Gasteiger partial charge in [0.15, 0.2) is 11.6 Å². The molecule has 17 heavy (non-hydrogen) atoms. The van der Waals surface area contributed by atoms with Crippen molar-refractivity contribution in [2.24, 2.45) is 0 Å². The maximum absolute atomic E-state index is 12.7. The average Bonchev–Trinajstić information content (AvgIpc) is 2.25. The van der Waals surface area contributed by atoms with Crippen LogP contribution in [0.3, 0.4) is 0 Å². The van der Waals surface area contributed by atoms with E-state index in [1.54, 1.807) is 6.07 Å². The summed E-state index contributed by atoms with van der Waals surface area (Å²) < 4.78 is 25.2. The highest BCUT2D eigenvalue weighted by atomic mass is 19.2. The van der Waals surface area contributed by atoms with E-state index in [0.29, 0.717) is 5.92 Å². The average molecular weight is 243 g/mol. The van der Waals surface area contributed by atoms with Gasteiger partial charge in [0.05, 0.1) is 0 Å². The molecule has 98 valence electrons. The van der Waals surface area contributed by atoms with Crippen LogP contribution < -0.4 is 5.32 Å². The van der Waals surface area contributed by atoms with E-state index in [0.717, 1.165) is 18.7 Å². The van der Waals surface area contributed by atoms with Crippen LogP contribution in [0.5, 0.6) is 0 Å². The Labute approximate surface area is 103 Å². The number of halogens is 2. The van der Waals surface area contributed by atoms with Crippen molar-refractivity contribution >= 4 is 0 Å². The molecule has 1 heterocycles. The molecule has 1 saturated heterocycles. The molecular weight excluding hydrogens is 220 g/mol. The summed E-state index contributed by atoms with van der Waals surface area (Å²) in [6.07, 6.45) is 1.25. The van der Waals surface area contributed by atoms with Crippen LogP contribution in [0.1, 0.15) is 45.6 Å². The highest BCUT2D eigenvalue weighted by Crippen LogP contribution is 2.21. The van der Waals surface area contributed by atoms with Crippen molar-refractivity contribution in [3.8, 4) is 0 Å². The van der Waals surface area contributed by atoms with Crippen LogP contribution in [-0.4, -0.2) is 13.1 Å². The lowest BCUT2D eigenvalue weighted by atomic mass is 9.94. The lowest BCUT2D eigenvalue weighted by molar-refractivity contribution is 0.442. The second-order valence-electron chi connectivity index (χ2n) is 3.74. The number of hydrogen-bond donors (Lipinski definition) is 1. The molecule has 0 atom stereocenters. The first-order valence-corrected chi connectivity index (χ1v) is 6.34. The highest BCUT2D eigenvalue weighted by molar-refractivity contribution is 5.24. The highest BCUT2D eigenvalue weighted by Gasteiger charge is 2.19. The predicted octanol–water partition coefficient (Wildman–Crippen LogP) is 4.09. The van der Waals surface area contributed by atoms with Crippen LogP contribution >= 0.6 is 0 Å². The van der Waals surface area contributed by atoms with Crippen molar-refractivity contribution in [3.63, 3.8) is 0 Å². The smallest absolute Gasteiger partial charge is 0.159 e. The lowest BCUT2D eigenvalue weighted by Crippen LogP contribution is -2.39. The van der Waals surface area contributed by atoms with Crippen LogP contribution in [0, 0.1) is 11.6 Å². The van der Waals surface area contributed by atoms with Crippen LogP contribution in [0.4, 0.5) is 8.78 Å². The third kappa shape index (κ3) is 5.26. The molecular formula is C14H23F2N. The topological polar surface area (TPSA) is 12.0 Å². The molecule has 0 amide bonds. The Morgan fingerprint density at radius 3 is 2.00 bits per heavy atom. The summed E-state index contributed by atoms with van der Waals surface area (Å²) in [5.41, 5.74) is 0.882. The molecule has 1 aliphatic rings. The molecule has 0 unspecified atom stereocenters. The van der Waals surface area contributed by atoms with E-state index in [9.17, 15) is 8.78 Å². The first kappa shape index (κ1) is 16.0. The van der Waals surface area contributed by atoms with E-state index in [-0.39, 0.29) is 0 Å². The molecule has 3 heteroatoms. The molecule has 0 radical (unpaired) electrons. The second-order valence-corrected chi connectivity index (χ2v) is 3.74. The zero-order chi connectivity index (χ0) is 13.3. The fraction of sp³-hybridized carbons (Fsp3) is 0.571. The summed E-state index contributed by atoms with van der Waals surface area (Å²) in [6, 6.07) is 4.10. The monoisotopic (exact) mass is 243 g/mol. The van der Waals surface area contributed by atoms with Crippen LogP contribution in [-0.2, 0) is 0 Å². The third-order valence-corrected chi connectivity index (χ3v) is 2.20. The van der Waals surface area contributed by atoms with Gasteiger partial charge in [-0.1, -0.05) is 40.2 Å². The van der Waals surface area contributed by atoms with E-state index < -0.39 is 11.6 Å². The number of hydrogen-bond acceptors (Lipinski definition) is 1. The minimum Gasteiger partial charge on any atom is -0.315 e. The minimum atomic E-state index is -0.772. The zero-order valence-corrected chi connectivity index (χ0v) is 11.2. The van der Waals surface area contributed by atoms with Crippen molar-refractivity contribution in [3.05, 3.63) is 35.4 Å². The Kier molecular flexibility index (Phi) is 8.60. The van der Waals surface area contributed by atoms with Gasteiger partial charge in [0, 0.05) is 19.0 Å². The van der Waals surface area contributed by atoms with Gasteiger partial charge in [-0.15, -0.1) is 0 Å². The minimum absolute atomic E-state index is 0.361. The largest absolute Gasteiger partial charge is 0.315 e. The van der Waals surface area contributed by atoms with Crippen molar-refractivity contribution in [1.82, 2.24) is 5.32 Å². The van der Waals surface area contributed by atoms with Gasteiger partial charge < -0.3 is 5.32 Å². The van der Waals surface area contributed by atoms with Crippen molar-refractivity contribution < 1.29 is 8.78 Å². The molecule has 1 fully saturated rings. The Hall–Kier alpha value is -0.960. The first-order chi connectivity index (χ1) is 8.19. The molecule has 2 rings (SSSR count). The molecule has 0 spiro atoms. The maximum Gasteiger partial charge on any atom is 0.159 e. The van der Waals surface area contributed by atoms with Crippen molar-refractivity contribution in [2.75, 3.05) is 13.1 Å². The molecule has 0 aliphatic carbocycles. The lowest BCUT2D eigenvalue weighted by Gasteiger charge is -2.27. The SMILES string of the molecule is CC.CCC.Fc1ccc(C2CNC2)cc1F. The molecule has 1 aromatic carbocycles. The van der Waals surface area contributed by atoms with E-state index in [1.807, 2.05) is 13.8 Å². The van der Waals surface area contributed by atoms with Crippen LogP contribution in [0.25, 0.3) is 0 Å². The van der Waals surface area contributed by atoms with Gasteiger partial charge in [-0.2, -0.15) is 0 Å². The molecule has 0 bridgehead atoms. The summed E-state index contributed by atoms with van der Waals surface area (Å²) in [5, 5.41) is 3.08. The standard InChI is InChI=1S/C9H9F2N.C3H8.C2H6/c10-8-2-1-6(3-9(8)11)7-4-12-5-7;1-3-2;1-2/h1-3,7,12H,4-5H2;3H2,1-2H3;1-2H3. The van der Waals surface area contributed by atoms with Crippen molar-refractivity contribution in [2.45, 2.75) is 40.0 Å². The van der Waals surface area contributed by atoms with Crippen molar-refractivity contribution in [1.29, 1.82) is 0 Å². The Bertz CT molecular complexity index is 309. The van der Waals surface area contributed by atoms with Gasteiger partial charge in [-0.3, -0.25) is 0 Å². The van der Waals surface area contributed by atoms with Gasteiger partial charge in [-0.25, -0.2) is 8.78 Å². The third-order valence-electron chi connectivity index (χ3n) is 2.20. The summed E-state index contributed by atoms with van der Waals surface area (Å²) in [6.45, 7) is 9.98. The fourth-order valence-corrected chi connectivity index (χ4v) is 1.29. The van der Waals surface area contributed by atoms with Gasteiger partial charge in [0.1, 0.15) is 0 Å². The Balaban J connectivity index is 0.000000450. The molecule has 0 aromatic heterocycles. The molecule has 0 saturated carbocycles. The summed E-state index contributed by atoms with van der Waals surface area (Å²) in [7, 11) is 0. The first-order valence-electron chi connectivity index (χ1n) is 6.34. The van der Waals surface area contributed by atoms with Gasteiger partial charge in [0.25, 0.3) is 0 Å². The van der Waals surface area contributed by atoms with Gasteiger partial charge >= 0.3 is 0 Å². The number of benzene rings is 1. The van der Waals surface area contributed by atoms with E-state index in [1.165, 1.54) is 18.6 Å². The van der Waals surface area contributed by atoms with Crippen LogP contribution in [0.2, 0.25) is 0 Å². The maximum atomic E-state index is 12.7. The predicted molar refractivity (Wildman–Crippen MR) is 69.3 cm³/mol. The fourth-order valence-electron chi connectivity index (χ4n) is 1.29. The number of rotatable bonds is 1. The van der Waals surface area contributed by atoms with Gasteiger partial charge in [-0.05, 0) is 17.7 Å². The van der Waals surface area contributed by atoms with E-state index in [4.69, 9.17) is 0 Å². The quantitative estimate of drug-likeness (QED) is 0.783. The number of nitrogens with one attached hydrogen (secondary N) is 1. The molecule has 1 aromatic rings. The van der Waals surface area contributed by atoms with E-state index in [2.05, 4.69) is 19.2 Å². The molecule has 1 nitrogen and oxygen atoms in total. The molecule has 1 aliphatic heterocycles. The van der Waals surface area contributed by atoms with Gasteiger partial charge in [0.2, 0.25) is 0 Å². The zero-order valence-electron chi connectivity index (χ0n) is 11.2. The van der Waals surface area contributed by atoms with Crippen LogP contribution in [0.15, 0.2) is 18.2 Å². The van der Waals surface area contributed by atoms with E-state index >= 15 is 0 Å². The summed E-state index contributed by atoms with van der Waals surface area (Å²) in [5.74, 6) is -1.16. The Morgan fingerprint density at radius 1 is 1.12 bits per heavy atom. The Morgan fingerprint density at radius 2 is 1.65 bits per heavy atom. The summed E-state index contributed by atoms with van der Waals surface area (Å²) >= 11 is 0. The molecule has 1 N–H and O–H groups in total. The normalized spacial score (nSPS) is 13.8. The summed E-state index contributed by atoms with van der Waals surface area (Å²) in [4.78, 5) is 0.